The first-order chi connectivity index (χ1) is 24.4. The van der Waals surface area contributed by atoms with E-state index in [0.29, 0.717) is 30.3 Å². The van der Waals surface area contributed by atoms with E-state index in [0.717, 1.165) is 10.7 Å². The molecule has 3 aliphatic rings. The number of carbonyl (C=O) groups excluding carboxylic acids is 4. The van der Waals surface area contributed by atoms with Crippen LogP contribution in [0.2, 0.25) is 0 Å². The largest absolute Gasteiger partial charge is 0.476 e. The number of aromatic nitrogens is 2. The molecule has 1 saturated carbocycles. The standard InChI is InChI=1S/C34H45N7O10S/c1-33(2,3)51-32(47)37-24-16-10-8-6-7-9-13-20-18-34(20,31(46)39-52(48,49)40(4)5)38-27(42)25-17-21(19-41(25)29(24)43)50-28-26(30(44)45)35-22-14-11-12-15-23(22)36-28/h9,11-15,20-21,24-25H,6-8,10,16-19H2,1-5H3,(H,37,47)(H,38,42)(H,39,46)(H,44,45)/b13-9-/t20-,21?,24+,25+,34-/m1/s1. The molecule has 2 aromatic rings. The highest BCUT2D eigenvalue weighted by atomic mass is 32.2. The Morgan fingerprint density at radius 3 is 2.42 bits per heavy atom. The van der Waals surface area contributed by atoms with Crippen LogP contribution in [-0.4, -0.2) is 112 Å². The fraction of sp³-hybridized carbons (Fsp3) is 0.559. The summed E-state index contributed by atoms with van der Waals surface area (Å²) in [5.74, 6) is -4.54. The number of rotatable bonds is 7. The van der Waals surface area contributed by atoms with Crippen LogP contribution in [0.1, 0.15) is 76.2 Å². The van der Waals surface area contributed by atoms with Gasteiger partial charge in [-0.05, 0) is 58.6 Å². The van der Waals surface area contributed by atoms with Crippen molar-refractivity contribution >= 4 is 51.0 Å². The number of ether oxygens (including phenoxy) is 2. The number of carboxylic acids is 1. The first-order valence-electron chi connectivity index (χ1n) is 17.1. The predicted molar refractivity (Wildman–Crippen MR) is 186 cm³/mol. The maximum absolute atomic E-state index is 14.3. The number of nitrogens with one attached hydrogen (secondary N) is 3. The summed E-state index contributed by atoms with van der Waals surface area (Å²) in [7, 11) is -1.70. The highest BCUT2D eigenvalue weighted by Gasteiger charge is 2.61. The van der Waals surface area contributed by atoms with Crippen LogP contribution in [0.15, 0.2) is 36.4 Å². The number of amides is 4. The molecule has 2 fully saturated rings. The van der Waals surface area contributed by atoms with Gasteiger partial charge in [-0.3, -0.25) is 14.4 Å². The van der Waals surface area contributed by atoms with Gasteiger partial charge in [0.15, 0.2) is 0 Å². The smallest absolute Gasteiger partial charge is 0.408 e. The Labute approximate surface area is 301 Å². The third-order valence-electron chi connectivity index (χ3n) is 9.06. The maximum Gasteiger partial charge on any atom is 0.408 e. The third kappa shape index (κ3) is 8.78. The van der Waals surface area contributed by atoms with Gasteiger partial charge < -0.3 is 30.1 Å². The van der Waals surface area contributed by atoms with Gasteiger partial charge in [-0.1, -0.05) is 37.1 Å². The molecule has 1 aromatic carbocycles. The van der Waals surface area contributed by atoms with Gasteiger partial charge in [0.05, 0.1) is 17.6 Å². The number of benzene rings is 1. The first-order valence-corrected chi connectivity index (χ1v) is 18.5. The molecular formula is C34H45N7O10S. The van der Waals surface area contributed by atoms with Crippen LogP contribution in [0.3, 0.4) is 0 Å². The van der Waals surface area contributed by atoms with E-state index in [9.17, 15) is 37.5 Å². The summed E-state index contributed by atoms with van der Waals surface area (Å²) in [6.07, 6.45) is 4.68. The number of aromatic carboxylic acids is 1. The molecule has 4 amide bonds. The van der Waals surface area contributed by atoms with Crippen LogP contribution < -0.4 is 20.1 Å². The average Bonchev–Trinajstić information content (AvgIpc) is 3.58. The lowest BCUT2D eigenvalue weighted by atomic mass is 10.0. The fourth-order valence-corrected chi connectivity index (χ4v) is 6.88. The second-order valence-corrected chi connectivity index (χ2v) is 16.3. The van der Waals surface area contributed by atoms with Crippen molar-refractivity contribution in [2.75, 3.05) is 20.6 Å². The zero-order valence-corrected chi connectivity index (χ0v) is 30.6. The van der Waals surface area contributed by atoms with Crippen molar-refractivity contribution < 1.29 is 47.0 Å². The molecule has 3 heterocycles. The van der Waals surface area contributed by atoms with Gasteiger partial charge in [-0.15, -0.1) is 0 Å². The Hall–Kier alpha value is -4.84. The van der Waals surface area contributed by atoms with E-state index in [1.807, 2.05) is 10.8 Å². The van der Waals surface area contributed by atoms with E-state index in [4.69, 9.17) is 9.47 Å². The minimum atomic E-state index is -4.21. The predicted octanol–water partition coefficient (Wildman–Crippen LogP) is 1.89. The van der Waals surface area contributed by atoms with Gasteiger partial charge in [0.1, 0.15) is 29.3 Å². The molecule has 2 aliphatic heterocycles. The second-order valence-electron chi connectivity index (χ2n) is 14.4. The molecule has 0 radical (unpaired) electrons. The lowest BCUT2D eigenvalue weighted by Gasteiger charge is -2.30. The third-order valence-corrected chi connectivity index (χ3v) is 10.5. The number of alkyl carbamates (subject to hydrolysis) is 1. The fourth-order valence-electron chi connectivity index (χ4n) is 6.28. The number of hydrogen-bond donors (Lipinski definition) is 4. The molecule has 0 bridgehead atoms. The first kappa shape index (κ1) is 38.4. The van der Waals surface area contributed by atoms with Crippen LogP contribution in [-0.2, 0) is 29.3 Å². The molecule has 1 aromatic heterocycles. The van der Waals surface area contributed by atoms with Crippen molar-refractivity contribution in [2.45, 2.75) is 95.0 Å². The van der Waals surface area contributed by atoms with E-state index < -0.39 is 80.9 Å². The van der Waals surface area contributed by atoms with Crippen LogP contribution in [0, 0.1) is 5.92 Å². The average molecular weight is 744 g/mol. The quantitative estimate of drug-likeness (QED) is 0.298. The number of nitrogens with zero attached hydrogens (tertiary/aromatic N) is 4. The molecule has 17 nitrogen and oxygen atoms in total. The second kappa shape index (κ2) is 15.0. The molecule has 282 valence electrons. The highest BCUT2D eigenvalue weighted by molar-refractivity contribution is 7.87. The lowest BCUT2D eigenvalue weighted by Crippen LogP contribution is -2.58. The van der Waals surface area contributed by atoms with Gasteiger partial charge in [0.2, 0.25) is 23.4 Å². The van der Waals surface area contributed by atoms with E-state index in [1.54, 1.807) is 51.1 Å². The van der Waals surface area contributed by atoms with E-state index in [2.05, 4.69) is 20.6 Å². The molecule has 5 atom stereocenters. The number of carboxylic acid groups (broad SMARTS) is 1. The summed E-state index contributed by atoms with van der Waals surface area (Å²) in [6.45, 7) is 4.84. The molecule has 1 aliphatic carbocycles. The Bertz CT molecular complexity index is 1880. The van der Waals surface area contributed by atoms with Gasteiger partial charge in [0, 0.05) is 26.4 Å². The molecule has 0 spiro atoms. The Kier molecular flexibility index (Phi) is 11.1. The monoisotopic (exact) mass is 743 g/mol. The van der Waals surface area contributed by atoms with E-state index >= 15 is 0 Å². The maximum atomic E-state index is 14.3. The lowest BCUT2D eigenvalue weighted by molar-refractivity contribution is -0.141. The summed E-state index contributed by atoms with van der Waals surface area (Å²) in [6, 6.07) is 4.24. The summed E-state index contributed by atoms with van der Waals surface area (Å²) >= 11 is 0. The Balaban J connectivity index is 1.50. The van der Waals surface area contributed by atoms with E-state index in [-0.39, 0.29) is 31.7 Å². The normalized spacial score (nSPS) is 26.2. The van der Waals surface area contributed by atoms with Crippen LogP contribution in [0.5, 0.6) is 5.88 Å². The zero-order valence-electron chi connectivity index (χ0n) is 29.7. The topological polar surface area (TPSA) is 227 Å². The van der Waals surface area contributed by atoms with Gasteiger partial charge in [-0.25, -0.2) is 24.3 Å². The molecule has 18 heteroatoms. The molecule has 1 unspecified atom stereocenters. The SMILES string of the molecule is CN(C)S(=O)(=O)NC(=O)[C@@]12C[C@H]1/C=C\CCCCC[C@H](NC(=O)OC(C)(C)C)C(=O)N1CC(Oc3nc4ccccc4nc3C(=O)O)C[C@H]1C(=O)N2. The molecular weight excluding hydrogens is 698 g/mol. The summed E-state index contributed by atoms with van der Waals surface area (Å²) in [5, 5.41) is 15.3. The Morgan fingerprint density at radius 2 is 1.77 bits per heavy atom. The van der Waals surface area contributed by atoms with Gasteiger partial charge in [-0.2, -0.15) is 12.7 Å². The van der Waals surface area contributed by atoms with Crippen molar-refractivity contribution in [3.05, 3.63) is 42.1 Å². The number of allylic oxidation sites excluding steroid dienone is 1. The minimum absolute atomic E-state index is 0.113. The van der Waals surface area contributed by atoms with Crippen molar-refractivity contribution in [1.29, 1.82) is 0 Å². The minimum Gasteiger partial charge on any atom is -0.476 e. The molecule has 52 heavy (non-hydrogen) atoms. The Morgan fingerprint density at radius 1 is 1.08 bits per heavy atom. The number of hydrogen-bond acceptors (Lipinski definition) is 11. The highest BCUT2D eigenvalue weighted by Crippen LogP contribution is 2.45. The van der Waals surface area contributed by atoms with Crippen molar-refractivity contribution in [2.24, 2.45) is 5.92 Å². The van der Waals surface area contributed by atoms with Crippen molar-refractivity contribution in [1.82, 2.24) is 34.5 Å². The van der Waals surface area contributed by atoms with Gasteiger partial charge in [0.25, 0.3) is 5.91 Å². The summed E-state index contributed by atoms with van der Waals surface area (Å²) < 4.78 is 39.6. The zero-order chi connectivity index (χ0) is 38.0. The van der Waals surface area contributed by atoms with E-state index in [1.165, 1.54) is 19.0 Å². The molecule has 4 N–H and O–H groups in total. The number of carbonyl (C=O) groups is 5. The number of para-hydroxylation sites is 2. The number of fused-ring (bicyclic) bond motifs is 3. The summed E-state index contributed by atoms with van der Waals surface area (Å²) in [4.78, 5) is 77.0. The van der Waals surface area contributed by atoms with Gasteiger partial charge >= 0.3 is 22.3 Å². The summed E-state index contributed by atoms with van der Waals surface area (Å²) in [5.41, 5.74) is -2.26. The van der Waals surface area contributed by atoms with Crippen LogP contribution in [0.4, 0.5) is 4.79 Å². The van der Waals surface area contributed by atoms with Crippen molar-refractivity contribution in [3.8, 4) is 5.88 Å². The molecule has 5 rings (SSSR count). The van der Waals surface area contributed by atoms with Crippen LogP contribution >= 0.6 is 0 Å². The van der Waals surface area contributed by atoms with Crippen LogP contribution in [0.25, 0.3) is 11.0 Å². The van der Waals surface area contributed by atoms with Crippen molar-refractivity contribution in [3.63, 3.8) is 0 Å². The molecule has 1 saturated heterocycles.